The Kier molecular flexibility index (Phi) is 4.99. The maximum atomic E-state index is 11.1. The van der Waals surface area contributed by atoms with Crippen LogP contribution in [0.25, 0.3) is 5.76 Å². The van der Waals surface area contributed by atoms with Crippen molar-refractivity contribution in [3.63, 3.8) is 0 Å². The van der Waals surface area contributed by atoms with Crippen LogP contribution in [0.4, 0.5) is 5.69 Å². The number of phenols is 2. The van der Waals surface area contributed by atoms with Gasteiger partial charge in [-0.05, 0) is 37.3 Å². The minimum Gasteiger partial charge on any atom is -0.508 e. The highest BCUT2D eigenvalue weighted by Crippen LogP contribution is 2.41. The normalized spacial score (nSPS) is 13.8. The molecule has 2 aromatic carbocycles. The first-order chi connectivity index (χ1) is 12.5. The highest BCUT2D eigenvalue weighted by molar-refractivity contribution is 5.88. The molecule has 0 spiro atoms. The third-order valence-corrected chi connectivity index (χ3v) is 3.78. The Balaban J connectivity index is 1.89. The molecule has 3 rings (SSSR count). The Bertz CT molecular complexity index is 846. The summed E-state index contributed by atoms with van der Waals surface area (Å²) in [5.74, 6) is 0.787. The molecule has 0 fully saturated rings. The molecule has 7 nitrogen and oxygen atoms in total. The fraction of sp³-hybridized carbons (Fsp3) is 0.211. The number of hydrogen-bond acceptors (Lipinski definition) is 6. The number of carbonyl (C=O) groups excluding carboxylic acids is 1. The standard InChI is InChI=1S/C19H20N2O5/c1-3-21-9-8-17(26-21)19-16(24)10-14(23)11-18(19)25-15-6-4-13(5-7-15)20-12(2)22/h4-8,10-11,23-24H,3,9H2,1-2H3,(H,20,22). The lowest BCUT2D eigenvalue weighted by Crippen LogP contribution is -2.17. The van der Waals surface area contributed by atoms with Crippen molar-refractivity contribution in [1.82, 2.24) is 5.06 Å². The van der Waals surface area contributed by atoms with Crippen molar-refractivity contribution < 1.29 is 24.6 Å². The quantitative estimate of drug-likeness (QED) is 0.760. The number of hydroxylamine groups is 2. The van der Waals surface area contributed by atoms with Crippen LogP contribution in [0.1, 0.15) is 19.4 Å². The van der Waals surface area contributed by atoms with Gasteiger partial charge in [-0.3, -0.25) is 4.79 Å². The van der Waals surface area contributed by atoms with Crippen LogP contribution in [-0.2, 0) is 9.63 Å². The summed E-state index contributed by atoms with van der Waals surface area (Å²) in [7, 11) is 0. The molecule has 3 N–H and O–H groups in total. The van der Waals surface area contributed by atoms with E-state index in [0.29, 0.717) is 35.8 Å². The average molecular weight is 356 g/mol. The number of hydrogen-bond donors (Lipinski definition) is 3. The molecule has 1 amide bonds. The second-order valence-electron chi connectivity index (χ2n) is 5.79. The molecule has 136 valence electrons. The highest BCUT2D eigenvalue weighted by Gasteiger charge is 2.24. The van der Waals surface area contributed by atoms with Crippen molar-refractivity contribution in [2.75, 3.05) is 18.4 Å². The highest BCUT2D eigenvalue weighted by atomic mass is 16.7. The molecule has 0 aromatic heterocycles. The molecule has 1 heterocycles. The van der Waals surface area contributed by atoms with Gasteiger partial charge in [-0.1, -0.05) is 0 Å². The Morgan fingerprint density at radius 2 is 2.00 bits per heavy atom. The minimum absolute atomic E-state index is 0.123. The van der Waals surface area contributed by atoms with E-state index >= 15 is 0 Å². The number of aromatic hydroxyl groups is 2. The van der Waals surface area contributed by atoms with Crippen LogP contribution in [0.5, 0.6) is 23.0 Å². The van der Waals surface area contributed by atoms with Gasteiger partial charge in [0.2, 0.25) is 5.91 Å². The summed E-state index contributed by atoms with van der Waals surface area (Å²) in [6.45, 7) is 4.68. The third-order valence-electron chi connectivity index (χ3n) is 3.78. The number of anilines is 1. The van der Waals surface area contributed by atoms with E-state index in [0.717, 1.165) is 0 Å². The summed E-state index contributed by atoms with van der Waals surface area (Å²) in [6.07, 6.45) is 1.84. The van der Waals surface area contributed by atoms with Gasteiger partial charge < -0.3 is 25.1 Å². The van der Waals surface area contributed by atoms with Crippen LogP contribution < -0.4 is 10.1 Å². The average Bonchev–Trinajstić information content (AvgIpc) is 3.04. The summed E-state index contributed by atoms with van der Waals surface area (Å²) in [4.78, 5) is 16.8. The zero-order valence-electron chi connectivity index (χ0n) is 14.5. The van der Waals surface area contributed by atoms with E-state index in [4.69, 9.17) is 9.57 Å². The van der Waals surface area contributed by atoms with E-state index in [1.54, 1.807) is 29.3 Å². The number of nitrogens with one attached hydrogen (secondary N) is 1. The third kappa shape index (κ3) is 3.89. The summed E-state index contributed by atoms with van der Waals surface area (Å²) < 4.78 is 5.84. The Morgan fingerprint density at radius 3 is 2.62 bits per heavy atom. The number of nitrogens with zero attached hydrogens (tertiary/aromatic N) is 1. The molecular weight excluding hydrogens is 336 g/mol. The zero-order valence-corrected chi connectivity index (χ0v) is 14.5. The van der Waals surface area contributed by atoms with E-state index in [1.165, 1.54) is 19.1 Å². The van der Waals surface area contributed by atoms with E-state index < -0.39 is 0 Å². The van der Waals surface area contributed by atoms with E-state index in [-0.39, 0.29) is 23.2 Å². The number of amides is 1. The molecular formula is C19H20N2O5. The first-order valence-corrected chi connectivity index (χ1v) is 8.21. The molecule has 0 bridgehead atoms. The molecule has 26 heavy (non-hydrogen) atoms. The molecule has 0 unspecified atom stereocenters. The van der Waals surface area contributed by atoms with Crippen molar-refractivity contribution in [1.29, 1.82) is 0 Å². The molecule has 0 atom stereocenters. The zero-order chi connectivity index (χ0) is 18.7. The van der Waals surface area contributed by atoms with Crippen LogP contribution in [0.3, 0.4) is 0 Å². The summed E-state index contributed by atoms with van der Waals surface area (Å²) in [5, 5.41) is 24.5. The molecule has 0 saturated heterocycles. The fourth-order valence-electron chi connectivity index (χ4n) is 2.59. The van der Waals surface area contributed by atoms with E-state index in [9.17, 15) is 15.0 Å². The maximum absolute atomic E-state index is 11.1. The first kappa shape index (κ1) is 17.6. The van der Waals surface area contributed by atoms with Gasteiger partial charge in [-0.2, -0.15) is 0 Å². The van der Waals surface area contributed by atoms with Gasteiger partial charge in [0.1, 0.15) is 28.6 Å². The molecule has 7 heteroatoms. The van der Waals surface area contributed by atoms with Crippen molar-refractivity contribution in [3.8, 4) is 23.0 Å². The van der Waals surface area contributed by atoms with Crippen molar-refractivity contribution >= 4 is 17.4 Å². The summed E-state index contributed by atoms with van der Waals surface area (Å²) >= 11 is 0. The van der Waals surface area contributed by atoms with Gasteiger partial charge in [0.25, 0.3) is 0 Å². The largest absolute Gasteiger partial charge is 0.508 e. The summed E-state index contributed by atoms with van der Waals surface area (Å²) in [5.41, 5.74) is 1.01. The summed E-state index contributed by atoms with van der Waals surface area (Å²) in [6, 6.07) is 9.40. The molecule has 1 aliphatic heterocycles. The number of carbonyl (C=O) groups is 1. The maximum Gasteiger partial charge on any atom is 0.221 e. The van der Waals surface area contributed by atoms with E-state index in [2.05, 4.69) is 5.32 Å². The second-order valence-corrected chi connectivity index (χ2v) is 5.79. The predicted octanol–water partition coefficient (Wildman–Crippen LogP) is 3.46. The second kappa shape index (κ2) is 7.37. The van der Waals surface area contributed by atoms with Crippen molar-refractivity contribution in [2.24, 2.45) is 0 Å². The van der Waals surface area contributed by atoms with E-state index in [1.807, 2.05) is 13.0 Å². The lowest BCUT2D eigenvalue weighted by Gasteiger charge is -2.17. The molecule has 0 radical (unpaired) electrons. The van der Waals surface area contributed by atoms with Gasteiger partial charge in [0.15, 0.2) is 5.76 Å². The van der Waals surface area contributed by atoms with Crippen LogP contribution in [-0.4, -0.2) is 34.3 Å². The molecule has 0 aliphatic carbocycles. The molecule has 2 aromatic rings. The van der Waals surface area contributed by atoms with Gasteiger partial charge >= 0.3 is 0 Å². The lowest BCUT2D eigenvalue weighted by atomic mass is 10.1. The first-order valence-electron chi connectivity index (χ1n) is 8.21. The number of rotatable bonds is 5. The lowest BCUT2D eigenvalue weighted by molar-refractivity contribution is -0.114. The Hall–Kier alpha value is -3.19. The number of benzene rings is 2. The van der Waals surface area contributed by atoms with Gasteiger partial charge in [-0.25, -0.2) is 0 Å². The molecule has 0 saturated carbocycles. The van der Waals surface area contributed by atoms with Crippen LogP contribution in [0.2, 0.25) is 0 Å². The SMILES string of the molecule is CCN1CC=C(c2c(O)cc(O)cc2Oc2ccc(NC(C)=O)cc2)O1. The van der Waals surface area contributed by atoms with Gasteiger partial charge in [0, 0.05) is 31.3 Å². The number of likely N-dealkylation sites (N-methyl/N-ethyl adjacent to an activating group) is 1. The van der Waals surface area contributed by atoms with Crippen LogP contribution in [0.15, 0.2) is 42.5 Å². The number of phenolic OH excluding ortho intramolecular Hbond substituents is 2. The minimum atomic E-state index is -0.162. The number of ether oxygens (including phenoxy) is 1. The van der Waals surface area contributed by atoms with Crippen molar-refractivity contribution in [2.45, 2.75) is 13.8 Å². The van der Waals surface area contributed by atoms with Gasteiger partial charge in [0.05, 0.1) is 6.54 Å². The Labute approximate surface area is 151 Å². The van der Waals surface area contributed by atoms with Crippen LogP contribution >= 0.6 is 0 Å². The fourth-order valence-corrected chi connectivity index (χ4v) is 2.59. The Morgan fingerprint density at radius 1 is 1.27 bits per heavy atom. The van der Waals surface area contributed by atoms with Crippen LogP contribution in [0, 0.1) is 0 Å². The monoisotopic (exact) mass is 356 g/mol. The van der Waals surface area contributed by atoms with Crippen molar-refractivity contribution in [3.05, 3.63) is 48.0 Å². The smallest absolute Gasteiger partial charge is 0.221 e. The predicted molar refractivity (Wildman–Crippen MR) is 96.9 cm³/mol. The molecule has 1 aliphatic rings. The topological polar surface area (TPSA) is 91.3 Å². The van der Waals surface area contributed by atoms with Gasteiger partial charge in [-0.15, -0.1) is 5.06 Å².